The summed E-state index contributed by atoms with van der Waals surface area (Å²) >= 11 is 0. The van der Waals surface area contributed by atoms with Gasteiger partial charge in [0.05, 0.1) is 18.6 Å². The standard InChI is InChI=1S/C18H28FN3O2.ClH/c1-11(2)15(20)17(24)21-10-14(23)22-16(18(3,4)5)12-6-8-13(19)9-7-12;/h6-9,11,15-16H,10,20H2,1-5H3,(H,21,24)(H,22,23);1H/t15-,16?;/m0./s1. The van der Waals surface area contributed by atoms with E-state index in [-0.39, 0.29) is 54.0 Å². The molecule has 25 heavy (non-hydrogen) atoms. The summed E-state index contributed by atoms with van der Waals surface area (Å²) in [5, 5.41) is 5.44. The lowest BCUT2D eigenvalue weighted by atomic mass is 9.82. The molecule has 1 aromatic carbocycles. The first-order chi connectivity index (χ1) is 11.0. The van der Waals surface area contributed by atoms with Crippen molar-refractivity contribution in [3.8, 4) is 0 Å². The number of benzene rings is 1. The number of carbonyl (C=O) groups excluding carboxylic acids is 2. The van der Waals surface area contributed by atoms with Gasteiger partial charge in [0, 0.05) is 0 Å². The number of halogens is 2. The van der Waals surface area contributed by atoms with Crippen LogP contribution in [0.25, 0.3) is 0 Å². The number of hydrogen-bond donors (Lipinski definition) is 3. The van der Waals surface area contributed by atoms with Gasteiger partial charge in [0.25, 0.3) is 0 Å². The van der Waals surface area contributed by atoms with E-state index in [0.29, 0.717) is 0 Å². The smallest absolute Gasteiger partial charge is 0.239 e. The Bertz CT molecular complexity index is 571. The second-order valence-electron chi connectivity index (χ2n) is 7.41. The van der Waals surface area contributed by atoms with Gasteiger partial charge in [0.15, 0.2) is 0 Å². The first-order valence-corrected chi connectivity index (χ1v) is 8.10. The maximum atomic E-state index is 13.1. The van der Waals surface area contributed by atoms with Crippen LogP contribution in [0.5, 0.6) is 0 Å². The van der Waals surface area contributed by atoms with E-state index in [0.717, 1.165) is 5.56 Å². The van der Waals surface area contributed by atoms with Crippen LogP contribution in [0, 0.1) is 17.2 Å². The molecule has 0 fully saturated rings. The molecule has 0 aliphatic heterocycles. The van der Waals surface area contributed by atoms with Crippen LogP contribution >= 0.6 is 12.4 Å². The molecule has 0 radical (unpaired) electrons. The largest absolute Gasteiger partial charge is 0.347 e. The number of amides is 2. The van der Waals surface area contributed by atoms with Gasteiger partial charge in [-0.15, -0.1) is 12.4 Å². The maximum absolute atomic E-state index is 13.1. The van der Waals surface area contributed by atoms with Crippen LogP contribution in [0.15, 0.2) is 24.3 Å². The number of nitrogens with two attached hydrogens (primary N) is 1. The zero-order chi connectivity index (χ0) is 18.5. The number of rotatable bonds is 6. The lowest BCUT2D eigenvalue weighted by Crippen LogP contribution is -2.48. The minimum Gasteiger partial charge on any atom is -0.347 e. The van der Waals surface area contributed by atoms with Gasteiger partial charge in [-0.2, -0.15) is 0 Å². The Morgan fingerprint density at radius 3 is 2.12 bits per heavy atom. The Kier molecular flexibility index (Phi) is 9.08. The summed E-state index contributed by atoms with van der Waals surface area (Å²) < 4.78 is 13.1. The van der Waals surface area contributed by atoms with Gasteiger partial charge in [-0.3, -0.25) is 9.59 Å². The normalized spacial score (nSPS) is 13.6. The van der Waals surface area contributed by atoms with Crippen LogP contribution < -0.4 is 16.4 Å². The average Bonchev–Trinajstić information content (AvgIpc) is 2.49. The summed E-state index contributed by atoms with van der Waals surface area (Å²) in [6.07, 6.45) is 0. The molecule has 0 bridgehead atoms. The molecule has 0 aliphatic rings. The molecule has 1 rings (SSSR count). The fourth-order valence-electron chi connectivity index (χ4n) is 2.26. The van der Waals surface area contributed by atoms with Crippen molar-refractivity contribution in [2.75, 3.05) is 6.54 Å². The SMILES string of the molecule is CC(C)[C@H](N)C(=O)NCC(=O)NC(c1ccc(F)cc1)C(C)(C)C.Cl. The first kappa shape index (κ1) is 23.3. The van der Waals surface area contributed by atoms with E-state index in [4.69, 9.17) is 5.73 Å². The summed E-state index contributed by atoms with van der Waals surface area (Å²) in [6, 6.07) is 5.08. The molecule has 4 N–H and O–H groups in total. The minimum atomic E-state index is -0.645. The van der Waals surface area contributed by atoms with Crippen molar-refractivity contribution in [2.45, 2.75) is 46.7 Å². The second-order valence-corrected chi connectivity index (χ2v) is 7.41. The Morgan fingerprint density at radius 2 is 1.68 bits per heavy atom. The van der Waals surface area contributed by atoms with E-state index in [1.165, 1.54) is 12.1 Å². The highest BCUT2D eigenvalue weighted by molar-refractivity contribution is 5.87. The van der Waals surface area contributed by atoms with Gasteiger partial charge in [-0.25, -0.2) is 4.39 Å². The fraction of sp³-hybridized carbons (Fsp3) is 0.556. The zero-order valence-corrected chi connectivity index (χ0v) is 16.2. The van der Waals surface area contributed by atoms with Crippen molar-refractivity contribution in [2.24, 2.45) is 17.1 Å². The third kappa shape index (κ3) is 7.40. The van der Waals surface area contributed by atoms with E-state index < -0.39 is 6.04 Å². The van der Waals surface area contributed by atoms with Crippen molar-refractivity contribution in [1.29, 1.82) is 0 Å². The van der Waals surface area contributed by atoms with Gasteiger partial charge in [0.2, 0.25) is 11.8 Å². The van der Waals surface area contributed by atoms with Gasteiger partial charge in [-0.1, -0.05) is 46.8 Å². The molecule has 0 saturated heterocycles. The predicted molar refractivity (Wildman–Crippen MR) is 99.8 cm³/mol. The molecule has 0 aromatic heterocycles. The Morgan fingerprint density at radius 1 is 1.16 bits per heavy atom. The van der Waals surface area contributed by atoms with Crippen molar-refractivity contribution in [3.63, 3.8) is 0 Å². The number of hydrogen-bond acceptors (Lipinski definition) is 3. The lowest BCUT2D eigenvalue weighted by molar-refractivity contribution is -0.128. The predicted octanol–water partition coefficient (Wildman–Crippen LogP) is 2.55. The van der Waals surface area contributed by atoms with Crippen molar-refractivity contribution >= 4 is 24.2 Å². The van der Waals surface area contributed by atoms with E-state index >= 15 is 0 Å². The highest BCUT2D eigenvalue weighted by Crippen LogP contribution is 2.32. The number of carbonyl (C=O) groups is 2. The van der Waals surface area contributed by atoms with Crippen molar-refractivity contribution < 1.29 is 14.0 Å². The minimum absolute atomic E-state index is 0. The van der Waals surface area contributed by atoms with Crippen LogP contribution in [0.2, 0.25) is 0 Å². The summed E-state index contributed by atoms with van der Waals surface area (Å²) in [5.74, 6) is -1.000. The summed E-state index contributed by atoms with van der Waals surface area (Å²) in [7, 11) is 0. The van der Waals surface area contributed by atoms with E-state index in [1.807, 2.05) is 34.6 Å². The van der Waals surface area contributed by atoms with Crippen LogP contribution in [0.3, 0.4) is 0 Å². The van der Waals surface area contributed by atoms with Crippen LogP contribution in [0.4, 0.5) is 4.39 Å². The summed E-state index contributed by atoms with van der Waals surface area (Å²) in [5.41, 5.74) is 6.28. The molecule has 142 valence electrons. The Hall–Kier alpha value is -1.66. The zero-order valence-electron chi connectivity index (χ0n) is 15.4. The summed E-state index contributed by atoms with van der Waals surface area (Å²) in [4.78, 5) is 24.0. The molecule has 0 heterocycles. The molecular formula is C18H29ClFN3O2. The molecule has 0 saturated carbocycles. The van der Waals surface area contributed by atoms with Crippen LogP contribution in [-0.4, -0.2) is 24.4 Å². The molecule has 7 heteroatoms. The topological polar surface area (TPSA) is 84.2 Å². The summed E-state index contributed by atoms with van der Waals surface area (Å²) in [6.45, 7) is 9.48. The molecule has 5 nitrogen and oxygen atoms in total. The third-order valence-corrected chi connectivity index (χ3v) is 3.82. The Balaban J connectivity index is 0.00000576. The second kappa shape index (κ2) is 9.73. The first-order valence-electron chi connectivity index (χ1n) is 8.10. The molecule has 0 aliphatic carbocycles. The molecule has 1 unspecified atom stereocenters. The van der Waals surface area contributed by atoms with Crippen LogP contribution in [-0.2, 0) is 9.59 Å². The fourth-order valence-corrected chi connectivity index (χ4v) is 2.26. The monoisotopic (exact) mass is 373 g/mol. The molecule has 0 spiro atoms. The highest BCUT2D eigenvalue weighted by Gasteiger charge is 2.28. The molecular weight excluding hydrogens is 345 g/mol. The van der Waals surface area contributed by atoms with E-state index in [9.17, 15) is 14.0 Å². The van der Waals surface area contributed by atoms with Crippen molar-refractivity contribution in [1.82, 2.24) is 10.6 Å². The maximum Gasteiger partial charge on any atom is 0.239 e. The van der Waals surface area contributed by atoms with Gasteiger partial charge >= 0.3 is 0 Å². The highest BCUT2D eigenvalue weighted by atomic mass is 35.5. The van der Waals surface area contributed by atoms with Gasteiger partial charge in [0.1, 0.15) is 5.82 Å². The molecule has 1 aromatic rings. The van der Waals surface area contributed by atoms with Gasteiger partial charge < -0.3 is 16.4 Å². The number of nitrogens with one attached hydrogen (secondary N) is 2. The third-order valence-electron chi connectivity index (χ3n) is 3.82. The van der Waals surface area contributed by atoms with E-state index in [2.05, 4.69) is 10.6 Å². The Labute approximate surface area is 155 Å². The molecule has 2 atom stereocenters. The van der Waals surface area contributed by atoms with E-state index in [1.54, 1.807) is 12.1 Å². The lowest BCUT2D eigenvalue weighted by Gasteiger charge is -2.32. The van der Waals surface area contributed by atoms with Crippen LogP contribution in [0.1, 0.15) is 46.2 Å². The average molecular weight is 374 g/mol. The molecule has 2 amide bonds. The quantitative estimate of drug-likeness (QED) is 0.716. The van der Waals surface area contributed by atoms with Crippen molar-refractivity contribution in [3.05, 3.63) is 35.6 Å². The van der Waals surface area contributed by atoms with Gasteiger partial charge in [-0.05, 0) is 29.0 Å².